The van der Waals surface area contributed by atoms with E-state index in [1.807, 2.05) is 18.2 Å². The Morgan fingerprint density at radius 3 is 2.25 bits per heavy atom. The smallest absolute Gasteiger partial charge is 0.0878 e. The van der Waals surface area contributed by atoms with Crippen molar-refractivity contribution in [1.29, 1.82) is 0 Å². The van der Waals surface area contributed by atoms with Gasteiger partial charge in [0.2, 0.25) is 0 Å². The molecule has 1 aliphatic heterocycles. The molecule has 2 nitrogen and oxygen atoms in total. The van der Waals surface area contributed by atoms with Gasteiger partial charge in [0.25, 0.3) is 0 Å². The molecule has 0 aromatic heterocycles. The summed E-state index contributed by atoms with van der Waals surface area (Å²) in [5, 5.41) is 0. The van der Waals surface area contributed by atoms with E-state index in [-0.39, 0.29) is 22.6 Å². The van der Waals surface area contributed by atoms with Crippen LogP contribution in [0.2, 0.25) is 0 Å². The minimum absolute atomic E-state index is 0.128. The van der Waals surface area contributed by atoms with E-state index in [9.17, 15) is 0 Å². The van der Waals surface area contributed by atoms with Crippen LogP contribution in [-0.2, 0) is 11.3 Å². The van der Waals surface area contributed by atoms with E-state index < -0.39 is 0 Å². The van der Waals surface area contributed by atoms with Gasteiger partial charge in [0, 0.05) is 12.1 Å². The lowest BCUT2D eigenvalue weighted by Gasteiger charge is -2.58. The van der Waals surface area contributed by atoms with Crippen LogP contribution < -0.4 is 0 Å². The van der Waals surface area contributed by atoms with Gasteiger partial charge in [0.05, 0.1) is 23.6 Å². The van der Waals surface area contributed by atoms with Crippen molar-refractivity contribution in [2.24, 2.45) is 0 Å². The Kier molecular flexibility index (Phi) is 4.48. The summed E-state index contributed by atoms with van der Waals surface area (Å²) in [6.45, 7) is 12.5. The Balaban J connectivity index is 1.99. The highest BCUT2D eigenvalue weighted by Crippen LogP contribution is 2.39. The summed E-state index contributed by atoms with van der Waals surface area (Å²) in [5.74, 6) is 0. The molecule has 1 aromatic carbocycles. The molecule has 0 N–H and O–H groups in total. The molecule has 112 valence electrons. The van der Waals surface area contributed by atoms with E-state index in [1.54, 1.807) is 0 Å². The Morgan fingerprint density at radius 2 is 1.75 bits per heavy atom. The molecule has 0 amide bonds. The zero-order chi connectivity index (χ0) is 15.0. The summed E-state index contributed by atoms with van der Waals surface area (Å²) in [4.78, 5) is 2.16. The summed E-state index contributed by atoms with van der Waals surface area (Å²) < 4.78 is 6.10. The van der Waals surface area contributed by atoms with Crippen molar-refractivity contribution in [1.82, 2.24) is 4.90 Å². The second kappa shape index (κ2) is 5.67. The van der Waals surface area contributed by atoms with Gasteiger partial charge in [0.15, 0.2) is 0 Å². The van der Waals surface area contributed by atoms with Crippen LogP contribution in [0.5, 0.6) is 0 Å². The van der Waals surface area contributed by atoms with Gasteiger partial charge < -0.3 is 4.74 Å². The van der Waals surface area contributed by atoms with Gasteiger partial charge in [-0.3, -0.25) is 4.90 Å². The van der Waals surface area contributed by atoms with Crippen LogP contribution in [0.1, 0.15) is 40.2 Å². The summed E-state index contributed by atoms with van der Waals surface area (Å²) in [7, 11) is 0. The molecular weight excluding hydrogens is 270 g/mol. The molecule has 1 heterocycles. The average Bonchev–Trinajstić information content (AvgIpc) is 2.24. The van der Waals surface area contributed by atoms with Crippen LogP contribution in [0.3, 0.4) is 0 Å². The summed E-state index contributed by atoms with van der Waals surface area (Å²) in [6, 6.07) is 10.6. The number of benzene rings is 1. The third-order valence-corrected chi connectivity index (χ3v) is 4.16. The van der Waals surface area contributed by atoms with Crippen LogP contribution in [0.4, 0.5) is 0 Å². The molecule has 1 saturated heterocycles. The standard InChI is InChI=1S/C17H26ClNO/c1-16(2,3)19-11-14(15(19)17(4,5)18)20-12-13-9-7-6-8-10-13/h6-10,14-15H,11-12H2,1-5H3/t14-,15+/m1/s1. The van der Waals surface area contributed by atoms with Gasteiger partial charge in [-0.25, -0.2) is 0 Å². The number of alkyl halides is 1. The first-order valence-corrected chi connectivity index (χ1v) is 7.68. The Morgan fingerprint density at radius 1 is 1.15 bits per heavy atom. The molecule has 20 heavy (non-hydrogen) atoms. The van der Waals surface area contributed by atoms with Gasteiger partial charge in [-0.1, -0.05) is 30.3 Å². The maximum absolute atomic E-state index is 6.59. The molecule has 3 heteroatoms. The Hall–Kier alpha value is -0.570. The maximum atomic E-state index is 6.59. The molecule has 2 rings (SSSR count). The van der Waals surface area contributed by atoms with Crippen molar-refractivity contribution in [3.05, 3.63) is 35.9 Å². The Bertz CT molecular complexity index is 433. The molecule has 2 atom stereocenters. The first kappa shape index (κ1) is 15.8. The van der Waals surface area contributed by atoms with Crippen molar-refractivity contribution < 1.29 is 4.74 Å². The lowest BCUT2D eigenvalue weighted by molar-refractivity contribution is -0.153. The minimum atomic E-state index is -0.285. The zero-order valence-corrected chi connectivity index (χ0v) is 13.9. The SMILES string of the molecule is CC(C)(Cl)[C@@H]1[C@H](OCc2ccccc2)CN1C(C)(C)C. The Labute approximate surface area is 128 Å². The van der Waals surface area contributed by atoms with Crippen molar-refractivity contribution in [3.63, 3.8) is 0 Å². The summed E-state index contributed by atoms with van der Waals surface area (Å²) in [5.41, 5.74) is 1.34. The molecule has 1 fully saturated rings. The average molecular weight is 296 g/mol. The quantitative estimate of drug-likeness (QED) is 0.776. The van der Waals surface area contributed by atoms with Crippen molar-refractivity contribution in [2.75, 3.05) is 6.54 Å². The summed E-state index contributed by atoms with van der Waals surface area (Å²) >= 11 is 6.59. The largest absolute Gasteiger partial charge is 0.371 e. The number of likely N-dealkylation sites (tertiary alicyclic amines) is 1. The van der Waals surface area contributed by atoms with E-state index in [0.29, 0.717) is 6.61 Å². The normalized spacial score (nSPS) is 24.5. The van der Waals surface area contributed by atoms with E-state index in [0.717, 1.165) is 6.54 Å². The fraction of sp³-hybridized carbons (Fsp3) is 0.647. The molecule has 1 aliphatic rings. The molecule has 0 unspecified atom stereocenters. The lowest BCUT2D eigenvalue weighted by atomic mass is 9.83. The third-order valence-electron chi connectivity index (χ3n) is 3.94. The molecule has 1 aromatic rings. The minimum Gasteiger partial charge on any atom is -0.371 e. The fourth-order valence-corrected chi connectivity index (χ4v) is 3.15. The maximum Gasteiger partial charge on any atom is 0.0878 e. The third kappa shape index (κ3) is 3.55. The first-order chi connectivity index (χ1) is 9.19. The second-order valence-electron chi connectivity index (χ2n) is 7.17. The number of hydrogen-bond acceptors (Lipinski definition) is 2. The fourth-order valence-electron chi connectivity index (χ4n) is 2.90. The van der Waals surface area contributed by atoms with Gasteiger partial charge in [-0.2, -0.15) is 0 Å². The van der Waals surface area contributed by atoms with Gasteiger partial charge in [0.1, 0.15) is 0 Å². The molecule has 0 aliphatic carbocycles. The van der Waals surface area contributed by atoms with Crippen molar-refractivity contribution in [3.8, 4) is 0 Å². The van der Waals surface area contributed by atoms with Crippen LogP contribution in [0, 0.1) is 0 Å². The van der Waals surface area contributed by atoms with Crippen molar-refractivity contribution >= 4 is 11.6 Å². The number of halogens is 1. The highest BCUT2D eigenvalue weighted by Gasteiger charge is 2.51. The van der Waals surface area contributed by atoms with E-state index in [4.69, 9.17) is 16.3 Å². The topological polar surface area (TPSA) is 12.5 Å². The molecule has 0 bridgehead atoms. The summed E-state index contributed by atoms with van der Waals surface area (Å²) in [6.07, 6.45) is 0.210. The lowest BCUT2D eigenvalue weighted by Crippen LogP contribution is -2.72. The van der Waals surface area contributed by atoms with Gasteiger partial charge in [-0.05, 0) is 40.2 Å². The zero-order valence-electron chi connectivity index (χ0n) is 13.2. The highest BCUT2D eigenvalue weighted by molar-refractivity contribution is 6.24. The van der Waals surface area contributed by atoms with E-state index >= 15 is 0 Å². The van der Waals surface area contributed by atoms with Crippen molar-refractivity contribution in [2.45, 2.75) is 63.8 Å². The molecular formula is C17H26ClNO. The number of rotatable bonds is 4. The molecule has 0 saturated carbocycles. The predicted octanol–water partition coefficient (Wildman–Crippen LogP) is 4.07. The number of nitrogens with zero attached hydrogens (tertiary/aromatic N) is 1. The first-order valence-electron chi connectivity index (χ1n) is 7.31. The predicted molar refractivity (Wildman–Crippen MR) is 85.2 cm³/mol. The van der Waals surface area contributed by atoms with Crippen LogP contribution in [0.15, 0.2) is 30.3 Å². The molecule has 0 radical (unpaired) electrons. The molecule has 0 spiro atoms. The van der Waals surface area contributed by atoms with E-state index in [2.05, 4.69) is 51.7 Å². The number of ether oxygens (including phenoxy) is 1. The van der Waals surface area contributed by atoms with Crippen LogP contribution >= 0.6 is 11.6 Å². The second-order valence-corrected chi connectivity index (χ2v) is 8.14. The van der Waals surface area contributed by atoms with Crippen LogP contribution in [-0.4, -0.2) is 34.0 Å². The number of hydrogen-bond donors (Lipinski definition) is 0. The highest BCUT2D eigenvalue weighted by atomic mass is 35.5. The van der Waals surface area contributed by atoms with Crippen LogP contribution in [0.25, 0.3) is 0 Å². The van der Waals surface area contributed by atoms with Gasteiger partial charge in [-0.15, -0.1) is 11.6 Å². The monoisotopic (exact) mass is 295 g/mol. The van der Waals surface area contributed by atoms with Gasteiger partial charge >= 0.3 is 0 Å². The van der Waals surface area contributed by atoms with E-state index in [1.165, 1.54) is 5.56 Å².